The molecule has 0 radical (unpaired) electrons. The van der Waals surface area contributed by atoms with Gasteiger partial charge in [0.1, 0.15) is 0 Å². The van der Waals surface area contributed by atoms with Crippen LogP contribution in [0.5, 0.6) is 0 Å². The Morgan fingerprint density at radius 2 is 1.88 bits per heavy atom. The van der Waals surface area contributed by atoms with Gasteiger partial charge in [-0.05, 0) is 59.1 Å². The zero-order valence-corrected chi connectivity index (χ0v) is 19.9. The van der Waals surface area contributed by atoms with E-state index in [4.69, 9.17) is 0 Å². The summed E-state index contributed by atoms with van der Waals surface area (Å²) in [5, 5.41) is 6.66. The lowest BCUT2D eigenvalue weighted by Gasteiger charge is -2.35. The van der Waals surface area contributed by atoms with E-state index in [9.17, 15) is 18.0 Å². The molecule has 1 aliphatic rings. The third kappa shape index (κ3) is 4.93. The molecule has 0 saturated carbocycles. The Morgan fingerprint density at radius 1 is 1.09 bits per heavy atom. The predicted octanol–water partition coefficient (Wildman–Crippen LogP) is 3.61. The van der Waals surface area contributed by atoms with Gasteiger partial charge in [-0.15, -0.1) is 22.7 Å². The molecule has 3 aromatic rings. The van der Waals surface area contributed by atoms with Gasteiger partial charge < -0.3 is 10.2 Å². The van der Waals surface area contributed by atoms with E-state index in [1.165, 1.54) is 36.1 Å². The average Bonchev–Trinajstić information content (AvgIpc) is 3.45. The van der Waals surface area contributed by atoms with Crippen molar-refractivity contribution in [2.75, 3.05) is 18.4 Å². The highest BCUT2D eigenvalue weighted by atomic mass is 32.2. The quantitative estimate of drug-likeness (QED) is 0.530. The van der Waals surface area contributed by atoms with Gasteiger partial charge in [0.25, 0.3) is 0 Å². The molecule has 0 saturated heterocycles. The maximum absolute atomic E-state index is 13.1. The zero-order chi connectivity index (χ0) is 22.7. The lowest BCUT2D eigenvalue weighted by molar-refractivity contribution is -0.133. The number of carbonyl (C=O) groups is 2. The van der Waals surface area contributed by atoms with Crippen LogP contribution in [0.4, 0.5) is 5.69 Å². The molecule has 168 valence electrons. The first kappa shape index (κ1) is 22.7. The van der Waals surface area contributed by atoms with Gasteiger partial charge in [-0.25, -0.2) is 13.1 Å². The molecule has 7 nitrogen and oxygen atoms in total. The second kappa shape index (κ2) is 9.53. The normalized spacial score (nSPS) is 15.9. The molecule has 2 aromatic heterocycles. The van der Waals surface area contributed by atoms with Crippen molar-refractivity contribution in [1.29, 1.82) is 0 Å². The van der Waals surface area contributed by atoms with Gasteiger partial charge in [0.15, 0.2) is 0 Å². The van der Waals surface area contributed by atoms with Gasteiger partial charge in [-0.1, -0.05) is 6.07 Å². The molecule has 2 amide bonds. The van der Waals surface area contributed by atoms with E-state index in [-0.39, 0.29) is 35.7 Å². The molecule has 0 aliphatic carbocycles. The van der Waals surface area contributed by atoms with Gasteiger partial charge in [0.05, 0.1) is 10.9 Å². The monoisotopic (exact) mass is 489 g/mol. The summed E-state index contributed by atoms with van der Waals surface area (Å²) in [6.45, 7) is 2.01. The number of thiophene rings is 2. The molecular formula is C22H23N3O4S3. The van der Waals surface area contributed by atoms with Gasteiger partial charge in [0, 0.05) is 41.9 Å². The summed E-state index contributed by atoms with van der Waals surface area (Å²) in [6.07, 6.45) is 0.886. The van der Waals surface area contributed by atoms with Crippen molar-refractivity contribution in [3.8, 4) is 0 Å². The van der Waals surface area contributed by atoms with Crippen LogP contribution in [0.1, 0.15) is 34.7 Å². The lowest BCUT2D eigenvalue weighted by atomic mass is 9.98. The van der Waals surface area contributed by atoms with Crippen molar-refractivity contribution in [3.63, 3.8) is 0 Å². The number of fused-ring (bicyclic) bond motifs is 1. The molecule has 4 rings (SSSR count). The summed E-state index contributed by atoms with van der Waals surface area (Å²) in [6, 6.07) is 11.9. The number of amides is 2. The van der Waals surface area contributed by atoms with Crippen molar-refractivity contribution in [1.82, 2.24) is 9.62 Å². The number of nitrogens with one attached hydrogen (secondary N) is 2. The fraction of sp³-hybridized carbons (Fsp3) is 0.273. The van der Waals surface area contributed by atoms with E-state index in [1.54, 1.807) is 22.7 Å². The Balaban J connectivity index is 1.40. The van der Waals surface area contributed by atoms with Gasteiger partial charge >= 0.3 is 0 Å². The Morgan fingerprint density at radius 3 is 2.56 bits per heavy atom. The predicted molar refractivity (Wildman–Crippen MR) is 126 cm³/mol. The van der Waals surface area contributed by atoms with Crippen LogP contribution in [0, 0.1) is 0 Å². The van der Waals surface area contributed by atoms with Crippen molar-refractivity contribution < 1.29 is 18.0 Å². The van der Waals surface area contributed by atoms with Crippen molar-refractivity contribution in [3.05, 3.63) is 68.5 Å². The van der Waals surface area contributed by atoms with E-state index in [0.717, 1.165) is 16.9 Å². The van der Waals surface area contributed by atoms with E-state index in [2.05, 4.69) is 21.5 Å². The van der Waals surface area contributed by atoms with E-state index in [0.29, 0.717) is 12.2 Å². The first-order chi connectivity index (χ1) is 15.3. The minimum absolute atomic E-state index is 0.0127. The number of anilines is 1. The first-order valence-electron chi connectivity index (χ1n) is 10.1. The molecule has 10 heteroatoms. The van der Waals surface area contributed by atoms with Crippen LogP contribution >= 0.6 is 22.7 Å². The first-order valence-corrected chi connectivity index (χ1v) is 13.4. The number of nitrogens with zero attached hydrogens (tertiary/aromatic N) is 1. The van der Waals surface area contributed by atoms with Crippen LogP contribution in [0.3, 0.4) is 0 Å². The molecular weight excluding hydrogens is 466 g/mol. The number of carbonyl (C=O) groups excluding carboxylic acids is 2. The van der Waals surface area contributed by atoms with Crippen molar-refractivity contribution in [2.24, 2.45) is 0 Å². The Labute approximate surface area is 195 Å². The molecule has 2 N–H and O–H groups in total. The molecule has 1 unspecified atom stereocenters. The van der Waals surface area contributed by atoms with Gasteiger partial charge in [-0.2, -0.15) is 0 Å². The summed E-state index contributed by atoms with van der Waals surface area (Å²) < 4.78 is 27.7. The second-order valence-corrected chi connectivity index (χ2v) is 11.2. The third-order valence-electron chi connectivity index (χ3n) is 5.21. The highest BCUT2D eigenvalue weighted by Crippen LogP contribution is 2.39. The SMILES string of the molecule is CC(=O)Nc1ccc(S(=O)(=O)NCCC(=O)N2CCc3sccc3C2c2cccs2)cc1. The highest BCUT2D eigenvalue weighted by Gasteiger charge is 2.33. The molecule has 0 bridgehead atoms. The second-order valence-electron chi connectivity index (χ2n) is 7.41. The van der Waals surface area contributed by atoms with Crippen LogP contribution < -0.4 is 10.0 Å². The Kier molecular flexibility index (Phi) is 6.75. The highest BCUT2D eigenvalue weighted by molar-refractivity contribution is 7.89. The van der Waals surface area contributed by atoms with Crippen LogP contribution in [0.15, 0.2) is 58.1 Å². The molecule has 0 spiro atoms. The molecule has 32 heavy (non-hydrogen) atoms. The molecule has 3 heterocycles. The maximum atomic E-state index is 13.1. The summed E-state index contributed by atoms with van der Waals surface area (Å²) in [7, 11) is -3.76. The van der Waals surface area contributed by atoms with E-state index in [1.807, 2.05) is 22.4 Å². The number of rotatable bonds is 7. The smallest absolute Gasteiger partial charge is 0.240 e. The third-order valence-corrected chi connectivity index (χ3v) is 8.61. The van der Waals surface area contributed by atoms with E-state index < -0.39 is 10.0 Å². The van der Waals surface area contributed by atoms with Crippen molar-refractivity contribution >= 4 is 50.2 Å². The fourth-order valence-corrected chi connectivity index (χ4v) is 6.57. The average molecular weight is 490 g/mol. The topological polar surface area (TPSA) is 95.6 Å². The molecule has 1 aliphatic heterocycles. The minimum atomic E-state index is -3.76. The standard InChI is InChI=1S/C22H23N3O4S3/c1-15(26)24-16-4-6-17(7-5-16)32(28,29)23-11-8-21(27)25-12-9-19-18(10-14-31-19)22(25)20-3-2-13-30-20/h2-7,10,13-14,22-23H,8-9,11-12H2,1H3,(H,24,26). The molecule has 1 aromatic carbocycles. The van der Waals surface area contributed by atoms with Crippen LogP contribution in [-0.2, 0) is 26.0 Å². The van der Waals surface area contributed by atoms with Crippen LogP contribution in [0.2, 0.25) is 0 Å². The molecule has 1 atom stereocenters. The summed E-state index contributed by atoms with van der Waals surface area (Å²) in [5.41, 5.74) is 1.68. The Hall–Kier alpha value is -2.53. The molecule has 0 fully saturated rings. The summed E-state index contributed by atoms with van der Waals surface area (Å²) in [4.78, 5) is 28.5. The number of hydrogen-bond acceptors (Lipinski definition) is 6. The van der Waals surface area contributed by atoms with Gasteiger partial charge in [-0.3, -0.25) is 9.59 Å². The van der Waals surface area contributed by atoms with Gasteiger partial charge in [0.2, 0.25) is 21.8 Å². The summed E-state index contributed by atoms with van der Waals surface area (Å²) >= 11 is 3.34. The Bertz CT molecular complexity index is 1200. The fourth-order valence-electron chi connectivity index (χ4n) is 3.78. The zero-order valence-electron chi connectivity index (χ0n) is 17.4. The number of sulfonamides is 1. The van der Waals surface area contributed by atoms with Crippen LogP contribution in [0.25, 0.3) is 0 Å². The van der Waals surface area contributed by atoms with Crippen molar-refractivity contribution in [2.45, 2.75) is 30.7 Å². The lowest BCUT2D eigenvalue weighted by Crippen LogP contribution is -2.41. The number of benzene rings is 1. The van der Waals surface area contributed by atoms with Crippen LogP contribution in [-0.4, -0.2) is 38.2 Å². The minimum Gasteiger partial charge on any atom is -0.330 e. The number of hydrogen-bond donors (Lipinski definition) is 2. The van der Waals surface area contributed by atoms with E-state index >= 15 is 0 Å². The maximum Gasteiger partial charge on any atom is 0.240 e. The summed E-state index contributed by atoms with van der Waals surface area (Å²) in [5.74, 6) is -0.311. The largest absolute Gasteiger partial charge is 0.330 e.